The summed E-state index contributed by atoms with van der Waals surface area (Å²) in [5.41, 5.74) is 1.30. The Morgan fingerprint density at radius 1 is 1.00 bits per heavy atom. The molecule has 0 aliphatic heterocycles. The van der Waals surface area contributed by atoms with Crippen LogP contribution in [0.5, 0.6) is 0 Å². The molecule has 1 atom stereocenters. The Balaban J connectivity index is 2.33. The van der Waals surface area contributed by atoms with Crippen LogP contribution in [0.15, 0.2) is 53.4 Å². The fourth-order valence-electron chi connectivity index (χ4n) is 1.92. The van der Waals surface area contributed by atoms with Gasteiger partial charge in [0.2, 0.25) is 0 Å². The van der Waals surface area contributed by atoms with E-state index in [9.17, 15) is 13.2 Å². The average molecular weight is 323 g/mol. The molecule has 0 bridgehead atoms. The van der Waals surface area contributed by atoms with Gasteiger partial charge in [0.15, 0.2) is 15.6 Å². The molecule has 0 aromatic heterocycles. The first-order chi connectivity index (χ1) is 9.82. The predicted molar refractivity (Wildman–Crippen MR) is 83.6 cm³/mol. The van der Waals surface area contributed by atoms with Crippen LogP contribution >= 0.6 is 11.6 Å². The minimum atomic E-state index is -3.70. The van der Waals surface area contributed by atoms with Crippen molar-refractivity contribution in [2.75, 3.05) is 0 Å². The highest BCUT2D eigenvalue weighted by Crippen LogP contribution is 2.20. The molecule has 0 saturated carbocycles. The molecule has 0 aliphatic rings. The van der Waals surface area contributed by atoms with E-state index in [1.165, 1.54) is 31.2 Å². The normalized spacial score (nSPS) is 12.9. The summed E-state index contributed by atoms with van der Waals surface area (Å²) in [5, 5.41) is -0.637. The van der Waals surface area contributed by atoms with Crippen LogP contribution in [0.3, 0.4) is 0 Å². The summed E-state index contributed by atoms with van der Waals surface area (Å²) in [5.74, 6) is -0.438. The number of Topliss-reactive ketones (excluding diaryl/α,β-unsaturated/α-hetero) is 1. The van der Waals surface area contributed by atoms with Crippen molar-refractivity contribution in [3.8, 4) is 0 Å². The van der Waals surface area contributed by atoms with Crippen LogP contribution < -0.4 is 0 Å². The average Bonchev–Trinajstić information content (AvgIpc) is 2.47. The molecule has 21 heavy (non-hydrogen) atoms. The van der Waals surface area contributed by atoms with Gasteiger partial charge in [-0.15, -0.1) is 0 Å². The molecular weight excluding hydrogens is 308 g/mol. The molecule has 2 aromatic rings. The minimum Gasteiger partial charge on any atom is -0.293 e. The molecule has 0 N–H and O–H groups in total. The van der Waals surface area contributed by atoms with Crippen molar-refractivity contribution in [1.82, 2.24) is 0 Å². The van der Waals surface area contributed by atoms with E-state index in [0.717, 1.165) is 5.56 Å². The van der Waals surface area contributed by atoms with Gasteiger partial charge >= 0.3 is 0 Å². The number of halogens is 1. The van der Waals surface area contributed by atoms with Crippen LogP contribution in [0.25, 0.3) is 0 Å². The Morgan fingerprint density at radius 2 is 1.52 bits per heavy atom. The van der Waals surface area contributed by atoms with Gasteiger partial charge in [-0.3, -0.25) is 4.79 Å². The maximum absolute atomic E-state index is 12.5. The first-order valence-electron chi connectivity index (χ1n) is 6.43. The van der Waals surface area contributed by atoms with Crippen molar-refractivity contribution >= 4 is 27.2 Å². The van der Waals surface area contributed by atoms with E-state index in [0.29, 0.717) is 10.6 Å². The number of carbonyl (C=O) groups is 1. The van der Waals surface area contributed by atoms with Crippen molar-refractivity contribution < 1.29 is 13.2 Å². The Kier molecular flexibility index (Phi) is 4.49. The summed E-state index contributed by atoms with van der Waals surface area (Å²) in [7, 11) is -3.70. The number of aryl methyl sites for hydroxylation is 1. The van der Waals surface area contributed by atoms with Crippen molar-refractivity contribution in [3.63, 3.8) is 0 Å². The van der Waals surface area contributed by atoms with E-state index in [4.69, 9.17) is 11.6 Å². The summed E-state index contributed by atoms with van der Waals surface area (Å²) in [6.07, 6.45) is 0. The summed E-state index contributed by atoms with van der Waals surface area (Å²) >= 11 is 5.77. The van der Waals surface area contributed by atoms with Crippen LogP contribution in [0.4, 0.5) is 0 Å². The molecular formula is C16H15ClO3S. The SMILES string of the molecule is Cc1ccc(S(=O)(=O)[C@H](C)C(=O)c2ccc(Cl)cc2)cc1. The van der Waals surface area contributed by atoms with Crippen LogP contribution in [0, 0.1) is 6.92 Å². The summed E-state index contributed by atoms with van der Waals surface area (Å²) in [4.78, 5) is 12.5. The van der Waals surface area contributed by atoms with E-state index in [-0.39, 0.29) is 4.90 Å². The molecule has 0 radical (unpaired) electrons. The fraction of sp³-hybridized carbons (Fsp3) is 0.188. The van der Waals surface area contributed by atoms with E-state index in [1.807, 2.05) is 6.92 Å². The number of hydrogen-bond donors (Lipinski definition) is 0. The molecule has 3 nitrogen and oxygen atoms in total. The van der Waals surface area contributed by atoms with Gasteiger partial charge < -0.3 is 0 Å². The highest BCUT2D eigenvalue weighted by atomic mass is 35.5. The number of ketones is 1. The number of benzene rings is 2. The monoisotopic (exact) mass is 322 g/mol. The maximum atomic E-state index is 12.5. The Labute approximate surface area is 129 Å². The van der Waals surface area contributed by atoms with Gasteiger partial charge in [0, 0.05) is 10.6 Å². The first kappa shape index (κ1) is 15.7. The summed E-state index contributed by atoms with van der Waals surface area (Å²) < 4.78 is 25.0. The van der Waals surface area contributed by atoms with Gasteiger partial charge in [0.05, 0.1) is 4.90 Å². The number of sulfone groups is 1. The zero-order chi connectivity index (χ0) is 15.6. The topological polar surface area (TPSA) is 51.2 Å². The van der Waals surface area contributed by atoms with Crippen molar-refractivity contribution in [3.05, 3.63) is 64.7 Å². The Morgan fingerprint density at radius 3 is 2.05 bits per heavy atom. The third-order valence-corrected chi connectivity index (χ3v) is 5.64. The van der Waals surface area contributed by atoms with Gasteiger partial charge in [0.25, 0.3) is 0 Å². The molecule has 0 heterocycles. The van der Waals surface area contributed by atoms with Crippen LogP contribution in [-0.2, 0) is 9.84 Å². The second kappa shape index (κ2) is 6.00. The van der Waals surface area contributed by atoms with E-state index < -0.39 is 20.9 Å². The highest BCUT2D eigenvalue weighted by molar-refractivity contribution is 7.92. The lowest BCUT2D eigenvalue weighted by Gasteiger charge is -2.12. The lowest BCUT2D eigenvalue weighted by atomic mass is 10.1. The third-order valence-electron chi connectivity index (χ3n) is 3.31. The lowest BCUT2D eigenvalue weighted by Crippen LogP contribution is -2.27. The zero-order valence-corrected chi connectivity index (χ0v) is 13.3. The molecule has 0 aliphatic carbocycles. The second-order valence-electron chi connectivity index (χ2n) is 4.87. The molecule has 5 heteroatoms. The van der Waals surface area contributed by atoms with Crippen molar-refractivity contribution in [2.45, 2.75) is 24.0 Å². The molecule has 0 unspecified atom stereocenters. The van der Waals surface area contributed by atoms with Gasteiger partial charge in [-0.2, -0.15) is 0 Å². The fourth-order valence-corrected chi connectivity index (χ4v) is 3.39. The predicted octanol–water partition coefficient (Wildman–Crippen LogP) is 3.69. The number of hydrogen-bond acceptors (Lipinski definition) is 3. The lowest BCUT2D eigenvalue weighted by molar-refractivity contribution is 0.0991. The van der Waals surface area contributed by atoms with Gasteiger partial charge in [0.1, 0.15) is 5.25 Å². The van der Waals surface area contributed by atoms with Gasteiger partial charge in [-0.05, 0) is 50.2 Å². The number of rotatable bonds is 4. The van der Waals surface area contributed by atoms with Crippen molar-refractivity contribution in [2.24, 2.45) is 0 Å². The molecule has 0 amide bonds. The summed E-state index contributed by atoms with van der Waals surface area (Å²) in [6.45, 7) is 3.28. The second-order valence-corrected chi connectivity index (χ2v) is 7.58. The molecule has 110 valence electrons. The smallest absolute Gasteiger partial charge is 0.188 e. The number of carbonyl (C=O) groups excluding carboxylic acids is 1. The van der Waals surface area contributed by atoms with Gasteiger partial charge in [-0.25, -0.2) is 8.42 Å². The van der Waals surface area contributed by atoms with E-state index >= 15 is 0 Å². The largest absolute Gasteiger partial charge is 0.293 e. The van der Waals surface area contributed by atoms with E-state index in [1.54, 1.807) is 24.3 Å². The molecule has 0 saturated heterocycles. The van der Waals surface area contributed by atoms with Crippen LogP contribution in [0.2, 0.25) is 5.02 Å². The van der Waals surface area contributed by atoms with E-state index in [2.05, 4.69) is 0 Å². The molecule has 2 rings (SSSR count). The highest BCUT2D eigenvalue weighted by Gasteiger charge is 2.30. The van der Waals surface area contributed by atoms with Crippen molar-refractivity contribution in [1.29, 1.82) is 0 Å². The summed E-state index contributed by atoms with van der Waals surface area (Å²) in [6, 6.07) is 12.7. The molecule has 0 spiro atoms. The van der Waals surface area contributed by atoms with Crippen LogP contribution in [0.1, 0.15) is 22.8 Å². The quantitative estimate of drug-likeness (QED) is 0.807. The standard InChI is InChI=1S/C16H15ClO3S/c1-11-3-9-15(10-4-11)21(19,20)12(2)16(18)13-5-7-14(17)8-6-13/h3-10,12H,1-2H3/t12-/m1/s1. The maximum Gasteiger partial charge on any atom is 0.188 e. The first-order valence-corrected chi connectivity index (χ1v) is 8.35. The molecule has 2 aromatic carbocycles. The van der Waals surface area contributed by atoms with Crippen LogP contribution in [-0.4, -0.2) is 19.5 Å². The van der Waals surface area contributed by atoms with Gasteiger partial charge in [-0.1, -0.05) is 29.3 Å². The Hall–Kier alpha value is -1.65. The third kappa shape index (κ3) is 3.34. The zero-order valence-electron chi connectivity index (χ0n) is 11.7. The minimum absolute atomic E-state index is 0.155. The molecule has 0 fully saturated rings. The Bertz CT molecular complexity index is 747.